The molecule has 3 rings (SSSR count). The van der Waals surface area contributed by atoms with Crippen molar-refractivity contribution in [3.8, 4) is 0 Å². The number of hydrogen-bond donors (Lipinski definition) is 3. The second-order valence-corrected chi connectivity index (χ2v) is 6.50. The van der Waals surface area contributed by atoms with E-state index in [2.05, 4.69) is 31.9 Å². The molecule has 2 aromatic rings. The first-order valence-electron chi connectivity index (χ1n) is 7.54. The molecule has 1 atom stereocenters. The molecule has 0 saturated heterocycles. The summed E-state index contributed by atoms with van der Waals surface area (Å²) in [5.41, 5.74) is 1.86. The van der Waals surface area contributed by atoms with Crippen molar-refractivity contribution in [1.29, 1.82) is 0 Å². The Morgan fingerprint density at radius 1 is 1.20 bits per heavy atom. The third-order valence-corrected chi connectivity index (χ3v) is 4.33. The minimum atomic E-state index is -0.736. The van der Waals surface area contributed by atoms with E-state index >= 15 is 0 Å². The fraction of sp³-hybridized carbons (Fsp3) is 0.111. The molecule has 1 aliphatic heterocycles. The summed E-state index contributed by atoms with van der Waals surface area (Å²) in [5, 5.41) is 8.06. The molecule has 2 aromatic carbocycles. The third-order valence-electron chi connectivity index (χ3n) is 3.80. The van der Waals surface area contributed by atoms with Gasteiger partial charge in [0.1, 0.15) is 5.82 Å². The summed E-state index contributed by atoms with van der Waals surface area (Å²) < 4.78 is 14.5. The molecule has 0 saturated carbocycles. The SMILES string of the molecule is CC1=C(C(=O)Nc2ccc(Br)cc2)[C@@H](c2cccc(F)c2)NC(=O)N1. The Morgan fingerprint density at radius 3 is 2.60 bits per heavy atom. The second-order valence-electron chi connectivity index (χ2n) is 5.59. The first kappa shape index (κ1) is 17.2. The number of nitrogens with one attached hydrogen (secondary N) is 3. The van der Waals surface area contributed by atoms with Gasteiger partial charge in [0.25, 0.3) is 5.91 Å². The minimum Gasteiger partial charge on any atom is -0.327 e. The molecule has 0 radical (unpaired) electrons. The maximum atomic E-state index is 13.6. The second kappa shape index (κ2) is 7.06. The van der Waals surface area contributed by atoms with Crippen LogP contribution in [0.3, 0.4) is 0 Å². The minimum absolute atomic E-state index is 0.327. The molecular weight excluding hydrogens is 389 g/mol. The molecule has 1 heterocycles. The Labute approximate surface area is 152 Å². The van der Waals surface area contributed by atoms with Gasteiger partial charge >= 0.3 is 6.03 Å². The molecule has 3 N–H and O–H groups in total. The molecule has 0 aromatic heterocycles. The molecule has 128 valence electrons. The monoisotopic (exact) mass is 403 g/mol. The van der Waals surface area contributed by atoms with E-state index in [0.29, 0.717) is 22.5 Å². The van der Waals surface area contributed by atoms with Crippen molar-refractivity contribution in [2.24, 2.45) is 0 Å². The van der Waals surface area contributed by atoms with Gasteiger partial charge in [-0.2, -0.15) is 0 Å². The summed E-state index contributed by atoms with van der Waals surface area (Å²) in [6, 6.07) is 11.8. The van der Waals surface area contributed by atoms with Gasteiger partial charge in [-0.05, 0) is 48.9 Å². The van der Waals surface area contributed by atoms with Crippen LogP contribution in [0.2, 0.25) is 0 Å². The molecule has 7 heteroatoms. The fourth-order valence-corrected chi connectivity index (χ4v) is 2.93. The van der Waals surface area contributed by atoms with Crippen LogP contribution in [0.5, 0.6) is 0 Å². The van der Waals surface area contributed by atoms with Gasteiger partial charge in [-0.3, -0.25) is 4.79 Å². The number of hydrogen-bond acceptors (Lipinski definition) is 2. The van der Waals surface area contributed by atoms with Gasteiger partial charge < -0.3 is 16.0 Å². The normalized spacial score (nSPS) is 16.9. The highest BCUT2D eigenvalue weighted by Crippen LogP contribution is 2.28. The molecule has 0 bridgehead atoms. The molecule has 5 nitrogen and oxygen atoms in total. The average Bonchev–Trinajstić information content (AvgIpc) is 2.56. The molecule has 25 heavy (non-hydrogen) atoms. The van der Waals surface area contributed by atoms with E-state index in [9.17, 15) is 14.0 Å². The van der Waals surface area contributed by atoms with Crippen LogP contribution in [-0.4, -0.2) is 11.9 Å². The highest BCUT2D eigenvalue weighted by Gasteiger charge is 2.31. The van der Waals surface area contributed by atoms with Crippen molar-refractivity contribution in [2.75, 3.05) is 5.32 Å². The Bertz CT molecular complexity index is 865. The Kier molecular flexibility index (Phi) is 4.85. The van der Waals surface area contributed by atoms with Gasteiger partial charge in [0.15, 0.2) is 0 Å². The van der Waals surface area contributed by atoms with Crippen molar-refractivity contribution in [1.82, 2.24) is 10.6 Å². The number of carbonyl (C=O) groups excluding carboxylic acids is 2. The molecule has 0 aliphatic carbocycles. The Morgan fingerprint density at radius 2 is 1.92 bits per heavy atom. The average molecular weight is 404 g/mol. The number of amides is 3. The maximum absolute atomic E-state index is 13.6. The lowest BCUT2D eigenvalue weighted by atomic mass is 9.94. The first-order chi connectivity index (χ1) is 11.9. The van der Waals surface area contributed by atoms with Crippen molar-refractivity contribution < 1.29 is 14.0 Å². The van der Waals surface area contributed by atoms with Crippen LogP contribution in [-0.2, 0) is 4.79 Å². The number of rotatable bonds is 3. The fourth-order valence-electron chi connectivity index (χ4n) is 2.66. The van der Waals surface area contributed by atoms with Crippen LogP contribution >= 0.6 is 15.9 Å². The number of urea groups is 1. The third kappa shape index (κ3) is 3.88. The molecular formula is C18H15BrFN3O2. The predicted octanol–water partition coefficient (Wildman–Crippen LogP) is 3.85. The molecule has 3 amide bonds. The lowest BCUT2D eigenvalue weighted by molar-refractivity contribution is -0.113. The zero-order valence-electron chi connectivity index (χ0n) is 13.3. The number of anilines is 1. The number of benzene rings is 2. The Balaban J connectivity index is 1.94. The van der Waals surface area contributed by atoms with Crippen LogP contribution in [0.15, 0.2) is 64.3 Å². The Hall–Kier alpha value is -2.67. The van der Waals surface area contributed by atoms with Crippen LogP contribution < -0.4 is 16.0 Å². The van der Waals surface area contributed by atoms with Gasteiger partial charge in [-0.15, -0.1) is 0 Å². The van der Waals surface area contributed by atoms with Gasteiger partial charge in [-0.25, -0.2) is 9.18 Å². The predicted molar refractivity (Wildman–Crippen MR) is 96.3 cm³/mol. The largest absolute Gasteiger partial charge is 0.327 e. The summed E-state index contributed by atoms with van der Waals surface area (Å²) in [6.07, 6.45) is 0. The van der Waals surface area contributed by atoms with E-state index in [0.717, 1.165) is 4.47 Å². The van der Waals surface area contributed by atoms with Crippen molar-refractivity contribution in [3.63, 3.8) is 0 Å². The van der Waals surface area contributed by atoms with Crippen molar-refractivity contribution in [2.45, 2.75) is 13.0 Å². The van der Waals surface area contributed by atoms with Gasteiger partial charge in [0, 0.05) is 15.9 Å². The summed E-state index contributed by atoms with van der Waals surface area (Å²) in [4.78, 5) is 24.6. The maximum Gasteiger partial charge on any atom is 0.319 e. The van der Waals surface area contributed by atoms with E-state index in [4.69, 9.17) is 0 Å². The number of halogens is 2. The quantitative estimate of drug-likeness (QED) is 0.728. The van der Waals surface area contributed by atoms with E-state index < -0.39 is 17.9 Å². The van der Waals surface area contributed by atoms with Crippen LogP contribution in [0, 0.1) is 5.82 Å². The summed E-state index contributed by atoms with van der Waals surface area (Å²) in [5.74, 6) is -0.808. The zero-order valence-corrected chi connectivity index (χ0v) is 14.9. The van der Waals surface area contributed by atoms with Crippen molar-refractivity contribution >= 4 is 33.6 Å². The molecule has 0 fully saturated rings. The van der Waals surface area contributed by atoms with Gasteiger partial charge in [0.2, 0.25) is 0 Å². The van der Waals surface area contributed by atoms with E-state index in [1.807, 2.05) is 12.1 Å². The van der Waals surface area contributed by atoms with Gasteiger partial charge in [-0.1, -0.05) is 28.1 Å². The standard InChI is InChI=1S/C18H15BrFN3O2/c1-10-15(17(24)22-14-7-5-12(19)6-8-14)16(23-18(25)21-10)11-3-2-4-13(20)9-11/h2-9,16H,1H3,(H,22,24)(H2,21,23,25)/t16-/m1/s1. The summed E-state index contributed by atoms with van der Waals surface area (Å²) in [7, 11) is 0. The topological polar surface area (TPSA) is 70.2 Å². The number of allylic oxidation sites excluding steroid dienone is 1. The van der Waals surface area contributed by atoms with E-state index in [-0.39, 0.29) is 5.91 Å². The molecule has 0 spiro atoms. The van der Waals surface area contributed by atoms with Crippen molar-refractivity contribution in [3.05, 3.63) is 75.7 Å². The number of carbonyl (C=O) groups is 2. The highest BCUT2D eigenvalue weighted by atomic mass is 79.9. The van der Waals surface area contributed by atoms with Crippen LogP contribution in [0.1, 0.15) is 18.5 Å². The lowest BCUT2D eigenvalue weighted by Gasteiger charge is -2.28. The smallest absolute Gasteiger partial charge is 0.319 e. The summed E-state index contributed by atoms with van der Waals surface area (Å²) >= 11 is 3.34. The van der Waals surface area contributed by atoms with Gasteiger partial charge in [0.05, 0.1) is 11.6 Å². The molecule has 0 unspecified atom stereocenters. The van der Waals surface area contributed by atoms with E-state index in [1.54, 1.807) is 31.2 Å². The molecule has 1 aliphatic rings. The highest BCUT2D eigenvalue weighted by molar-refractivity contribution is 9.10. The lowest BCUT2D eigenvalue weighted by Crippen LogP contribution is -2.46. The van der Waals surface area contributed by atoms with Crippen LogP contribution in [0.4, 0.5) is 14.9 Å². The van der Waals surface area contributed by atoms with Crippen LogP contribution in [0.25, 0.3) is 0 Å². The first-order valence-corrected chi connectivity index (χ1v) is 8.34. The van der Waals surface area contributed by atoms with E-state index in [1.165, 1.54) is 12.1 Å². The zero-order chi connectivity index (χ0) is 18.0. The summed E-state index contributed by atoms with van der Waals surface area (Å²) in [6.45, 7) is 1.64.